The Bertz CT molecular complexity index is 735. The summed E-state index contributed by atoms with van der Waals surface area (Å²) in [4.78, 5) is 4.67. The Morgan fingerprint density at radius 2 is 2.12 bits per heavy atom. The highest BCUT2D eigenvalue weighted by Gasteiger charge is 2.14. The molecule has 0 saturated heterocycles. The van der Waals surface area contributed by atoms with Gasteiger partial charge < -0.3 is 10.6 Å². The summed E-state index contributed by atoms with van der Waals surface area (Å²) in [7, 11) is 1.99. The second-order valence-electron chi connectivity index (χ2n) is 6.35. The quantitative estimate of drug-likeness (QED) is 0.612. The molecular weight excluding hydrogens is 334 g/mol. The summed E-state index contributed by atoms with van der Waals surface area (Å²) in [5, 5.41) is 12.0. The van der Waals surface area contributed by atoms with Gasteiger partial charge in [-0.1, -0.05) is 23.7 Å². The van der Waals surface area contributed by atoms with Crippen LogP contribution in [-0.2, 0) is 20.0 Å². The van der Waals surface area contributed by atoms with Crippen molar-refractivity contribution >= 4 is 17.6 Å². The Hall–Kier alpha value is -2.01. The molecule has 1 unspecified atom stereocenters. The number of aliphatic imine (C=N–C) groups is 1. The minimum atomic E-state index is 0.249. The molecule has 6 heteroatoms. The fourth-order valence-electron chi connectivity index (χ4n) is 2.83. The van der Waals surface area contributed by atoms with Crippen molar-refractivity contribution in [2.75, 3.05) is 6.54 Å². The molecule has 0 bridgehead atoms. The van der Waals surface area contributed by atoms with Crippen molar-refractivity contribution in [1.29, 1.82) is 0 Å². The molecule has 2 N–H and O–H groups in total. The third-order valence-electron chi connectivity index (χ3n) is 4.21. The van der Waals surface area contributed by atoms with E-state index in [4.69, 9.17) is 11.6 Å². The van der Waals surface area contributed by atoms with Gasteiger partial charge in [0.15, 0.2) is 5.96 Å². The Labute approximate surface area is 155 Å². The number of benzene rings is 1. The molecule has 0 amide bonds. The van der Waals surface area contributed by atoms with Crippen molar-refractivity contribution in [2.24, 2.45) is 12.0 Å². The topological polar surface area (TPSA) is 54.2 Å². The van der Waals surface area contributed by atoms with Gasteiger partial charge in [0.2, 0.25) is 0 Å². The monoisotopic (exact) mass is 361 g/mol. The molecule has 2 aromatic rings. The SMILES string of the molecule is CCNC(=NCc1cccc(Cl)c1)NC(C)Cc1c(C)nn(C)c1C. The van der Waals surface area contributed by atoms with Gasteiger partial charge in [-0.05, 0) is 57.4 Å². The van der Waals surface area contributed by atoms with Crippen LogP contribution in [0.25, 0.3) is 0 Å². The maximum absolute atomic E-state index is 6.04. The maximum Gasteiger partial charge on any atom is 0.191 e. The zero-order valence-corrected chi connectivity index (χ0v) is 16.5. The molecule has 1 aromatic heterocycles. The summed E-state index contributed by atoms with van der Waals surface area (Å²) >= 11 is 6.04. The summed E-state index contributed by atoms with van der Waals surface area (Å²) in [5.41, 5.74) is 4.70. The molecule has 0 radical (unpaired) electrons. The summed E-state index contributed by atoms with van der Waals surface area (Å²) in [6, 6.07) is 8.05. The van der Waals surface area contributed by atoms with Gasteiger partial charge in [-0.3, -0.25) is 4.68 Å². The fourth-order valence-corrected chi connectivity index (χ4v) is 3.04. The van der Waals surface area contributed by atoms with E-state index in [9.17, 15) is 0 Å². The van der Waals surface area contributed by atoms with Crippen molar-refractivity contribution in [3.05, 3.63) is 51.8 Å². The molecular formula is C19H28ClN5. The van der Waals surface area contributed by atoms with Gasteiger partial charge in [0.25, 0.3) is 0 Å². The van der Waals surface area contributed by atoms with Crippen LogP contribution in [0.5, 0.6) is 0 Å². The molecule has 0 aliphatic heterocycles. The number of aromatic nitrogens is 2. The Balaban J connectivity index is 2.03. The molecule has 1 aromatic carbocycles. The predicted octanol–water partition coefficient (Wildman–Crippen LogP) is 3.38. The van der Waals surface area contributed by atoms with Crippen molar-refractivity contribution in [1.82, 2.24) is 20.4 Å². The van der Waals surface area contributed by atoms with Crippen LogP contribution >= 0.6 is 11.6 Å². The smallest absolute Gasteiger partial charge is 0.191 e. The standard InChI is InChI=1S/C19H28ClN5/c1-6-21-19(22-12-16-8-7-9-17(20)11-16)23-13(2)10-18-14(3)24-25(5)15(18)4/h7-9,11,13H,6,10,12H2,1-5H3,(H2,21,22,23). The van der Waals surface area contributed by atoms with Gasteiger partial charge in [0, 0.05) is 30.4 Å². The van der Waals surface area contributed by atoms with E-state index in [1.54, 1.807) is 0 Å². The first-order chi connectivity index (χ1) is 11.9. The highest BCUT2D eigenvalue weighted by Crippen LogP contribution is 2.14. The number of nitrogens with one attached hydrogen (secondary N) is 2. The zero-order valence-electron chi connectivity index (χ0n) is 15.7. The van der Waals surface area contributed by atoms with Crippen LogP contribution in [0, 0.1) is 13.8 Å². The van der Waals surface area contributed by atoms with Crippen LogP contribution in [0.15, 0.2) is 29.3 Å². The van der Waals surface area contributed by atoms with E-state index < -0.39 is 0 Å². The molecule has 0 aliphatic rings. The van der Waals surface area contributed by atoms with Crippen molar-refractivity contribution in [3.8, 4) is 0 Å². The number of guanidine groups is 1. The van der Waals surface area contributed by atoms with Crippen molar-refractivity contribution in [2.45, 2.75) is 46.7 Å². The minimum absolute atomic E-state index is 0.249. The zero-order chi connectivity index (χ0) is 18.4. The molecule has 0 spiro atoms. The normalized spacial score (nSPS) is 13.0. The average molecular weight is 362 g/mol. The molecule has 136 valence electrons. The van der Waals surface area contributed by atoms with E-state index >= 15 is 0 Å². The van der Waals surface area contributed by atoms with Crippen molar-refractivity contribution < 1.29 is 0 Å². The molecule has 2 rings (SSSR count). The molecule has 5 nitrogen and oxygen atoms in total. The van der Waals surface area contributed by atoms with Crippen LogP contribution in [-0.4, -0.2) is 28.3 Å². The average Bonchev–Trinajstić information content (AvgIpc) is 2.79. The van der Waals surface area contributed by atoms with Crippen LogP contribution < -0.4 is 10.6 Å². The fraction of sp³-hybridized carbons (Fsp3) is 0.474. The van der Waals surface area contributed by atoms with Gasteiger partial charge >= 0.3 is 0 Å². The lowest BCUT2D eigenvalue weighted by Gasteiger charge is -2.18. The Morgan fingerprint density at radius 1 is 1.36 bits per heavy atom. The number of aryl methyl sites for hydroxylation is 2. The maximum atomic E-state index is 6.04. The third kappa shape index (κ3) is 5.49. The van der Waals surface area contributed by atoms with E-state index in [-0.39, 0.29) is 6.04 Å². The first kappa shape index (κ1) is 19.3. The number of rotatable bonds is 6. The summed E-state index contributed by atoms with van der Waals surface area (Å²) in [5.74, 6) is 0.814. The van der Waals surface area contributed by atoms with Crippen molar-refractivity contribution in [3.63, 3.8) is 0 Å². The van der Waals surface area contributed by atoms with E-state index in [0.29, 0.717) is 6.54 Å². The third-order valence-corrected chi connectivity index (χ3v) is 4.44. The highest BCUT2D eigenvalue weighted by atomic mass is 35.5. The first-order valence-electron chi connectivity index (χ1n) is 8.69. The Kier molecular flexibility index (Phi) is 6.88. The molecule has 1 atom stereocenters. The number of nitrogens with zero attached hydrogens (tertiary/aromatic N) is 3. The van der Waals surface area contributed by atoms with E-state index in [1.807, 2.05) is 36.0 Å². The van der Waals surface area contributed by atoms with Crippen LogP contribution in [0.1, 0.15) is 36.4 Å². The highest BCUT2D eigenvalue weighted by molar-refractivity contribution is 6.30. The molecule has 0 aliphatic carbocycles. The van der Waals surface area contributed by atoms with Gasteiger partial charge in [0.05, 0.1) is 12.2 Å². The van der Waals surface area contributed by atoms with Crippen LogP contribution in [0.4, 0.5) is 0 Å². The molecule has 0 fully saturated rings. The van der Waals surface area contributed by atoms with Crippen LogP contribution in [0.2, 0.25) is 5.02 Å². The van der Waals surface area contributed by atoms with Gasteiger partial charge in [0.1, 0.15) is 0 Å². The molecule has 0 saturated carbocycles. The van der Waals surface area contributed by atoms with E-state index in [0.717, 1.165) is 35.2 Å². The number of hydrogen-bond acceptors (Lipinski definition) is 2. The largest absolute Gasteiger partial charge is 0.357 e. The van der Waals surface area contributed by atoms with E-state index in [1.165, 1.54) is 11.3 Å². The lowest BCUT2D eigenvalue weighted by molar-refractivity contribution is 0.636. The summed E-state index contributed by atoms with van der Waals surface area (Å²) < 4.78 is 1.94. The molecule has 25 heavy (non-hydrogen) atoms. The minimum Gasteiger partial charge on any atom is -0.357 e. The van der Waals surface area contributed by atoms with E-state index in [2.05, 4.69) is 48.4 Å². The van der Waals surface area contributed by atoms with Gasteiger partial charge in [-0.25, -0.2) is 4.99 Å². The van der Waals surface area contributed by atoms with Gasteiger partial charge in [-0.2, -0.15) is 5.10 Å². The van der Waals surface area contributed by atoms with Crippen LogP contribution in [0.3, 0.4) is 0 Å². The lowest BCUT2D eigenvalue weighted by Crippen LogP contribution is -2.43. The molecule has 1 heterocycles. The van der Waals surface area contributed by atoms with Gasteiger partial charge in [-0.15, -0.1) is 0 Å². The Morgan fingerprint density at radius 3 is 2.72 bits per heavy atom. The lowest BCUT2D eigenvalue weighted by atomic mass is 10.1. The number of halogens is 1. The second kappa shape index (κ2) is 8.90. The second-order valence-corrected chi connectivity index (χ2v) is 6.78. The summed E-state index contributed by atoms with van der Waals surface area (Å²) in [6.45, 7) is 9.81. The predicted molar refractivity (Wildman–Crippen MR) is 105 cm³/mol. The number of hydrogen-bond donors (Lipinski definition) is 2. The summed E-state index contributed by atoms with van der Waals surface area (Å²) in [6.07, 6.45) is 0.910. The first-order valence-corrected chi connectivity index (χ1v) is 9.06.